The molecule has 0 radical (unpaired) electrons. The zero-order valence-electron chi connectivity index (χ0n) is 8.59. The molecular formula is C11H16FNO. The van der Waals surface area contributed by atoms with Crippen molar-refractivity contribution in [3.63, 3.8) is 0 Å². The quantitative estimate of drug-likeness (QED) is 0.803. The number of ether oxygens (including phenoxy) is 1. The van der Waals surface area contributed by atoms with Crippen LogP contribution in [0.4, 0.5) is 4.39 Å². The molecule has 0 spiro atoms. The lowest BCUT2D eigenvalue weighted by Gasteiger charge is -2.22. The third-order valence-corrected chi connectivity index (χ3v) is 2.01. The van der Waals surface area contributed by atoms with Gasteiger partial charge in [0.05, 0.1) is 6.61 Å². The monoisotopic (exact) mass is 197 g/mol. The molecule has 0 bridgehead atoms. The van der Waals surface area contributed by atoms with Gasteiger partial charge in [0.15, 0.2) is 11.6 Å². The van der Waals surface area contributed by atoms with E-state index in [1.165, 1.54) is 6.07 Å². The van der Waals surface area contributed by atoms with Gasteiger partial charge in [0.1, 0.15) is 0 Å². The Morgan fingerprint density at radius 3 is 2.57 bits per heavy atom. The van der Waals surface area contributed by atoms with Gasteiger partial charge in [-0.1, -0.05) is 26.0 Å². The van der Waals surface area contributed by atoms with Crippen LogP contribution in [0.15, 0.2) is 24.3 Å². The number of nitrogens with two attached hydrogens (primary N) is 1. The molecule has 78 valence electrons. The van der Waals surface area contributed by atoms with Crippen LogP contribution < -0.4 is 10.5 Å². The maximum atomic E-state index is 13.1. The van der Waals surface area contributed by atoms with Crippen molar-refractivity contribution in [2.45, 2.75) is 13.8 Å². The summed E-state index contributed by atoms with van der Waals surface area (Å²) in [4.78, 5) is 0. The second-order valence-electron chi connectivity index (χ2n) is 4.09. The lowest BCUT2D eigenvalue weighted by atomic mass is 9.95. The molecule has 0 saturated heterocycles. The van der Waals surface area contributed by atoms with Crippen LogP contribution in [-0.2, 0) is 0 Å². The number of benzene rings is 1. The number of hydrogen-bond donors (Lipinski definition) is 1. The Labute approximate surface area is 83.9 Å². The Morgan fingerprint density at radius 1 is 1.36 bits per heavy atom. The molecule has 0 saturated carbocycles. The molecule has 1 rings (SSSR count). The van der Waals surface area contributed by atoms with E-state index in [0.29, 0.717) is 13.2 Å². The van der Waals surface area contributed by atoms with E-state index >= 15 is 0 Å². The Balaban J connectivity index is 2.58. The molecule has 0 aromatic heterocycles. The van der Waals surface area contributed by atoms with E-state index in [-0.39, 0.29) is 17.0 Å². The summed E-state index contributed by atoms with van der Waals surface area (Å²) in [5.41, 5.74) is 5.41. The van der Waals surface area contributed by atoms with Gasteiger partial charge in [-0.3, -0.25) is 0 Å². The minimum absolute atomic E-state index is 0.123. The van der Waals surface area contributed by atoms with Gasteiger partial charge in [0, 0.05) is 12.0 Å². The Morgan fingerprint density at radius 2 is 2.00 bits per heavy atom. The van der Waals surface area contributed by atoms with Gasteiger partial charge in [-0.2, -0.15) is 0 Å². The highest BCUT2D eigenvalue weighted by atomic mass is 19.1. The van der Waals surface area contributed by atoms with Gasteiger partial charge in [0.2, 0.25) is 0 Å². The average Bonchev–Trinajstić information content (AvgIpc) is 2.17. The molecule has 2 nitrogen and oxygen atoms in total. The van der Waals surface area contributed by atoms with Crippen LogP contribution in [-0.4, -0.2) is 13.2 Å². The summed E-state index contributed by atoms with van der Waals surface area (Å²) in [6, 6.07) is 6.37. The van der Waals surface area contributed by atoms with E-state index in [1.54, 1.807) is 18.2 Å². The normalized spacial score (nSPS) is 11.4. The molecule has 0 aliphatic rings. The predicted molar refractivity (Wildman–Crippen MR) is 54.7 cm³/mol. The fourth-order valence-corrected chi connectivity index (χ4v) is 0.894. The molecule has 0 aliphatic heterocycles. The highest BCUT2D eigenvalue weighted by Gasteiger charge is 2.17. The molecule has 0 fully saturated rings. The van der Waals surface area contributed by atoms with Gasteiger partial charge in [-0.15, -0.1) is 0 Å². The van der Waals surface area contributed by atoms with Crippen molar-refractivity contribution in [2.24, 2.45) is 11.1 Å². The van der Waals surface area contributed by atoms with Crippen LogP contribution in [0.5, 0.6) is 5.75 Å². The summed E-state index contributed by atoms with van der Waals surface area (Å²) < 4.78 is 18.4. The number of hydrogen-bond acceptors (Lipinski definition) is 2. The van der Waals surface area contributed by atoms with E-state index in [9.17, 15) is 4.39 Å². The van der Waals surface area contributed by atoms with Crippen molar-refractivity contribution in [1.82, 2.24) is 0 Å². The molecule has 14 heavy (non-hydrogen) atoms. The van der Waals surface area contributed by atoms with Crippen molar-refractivity contribution in [3.05, 3.63) is 30.1 Å². The topological polar surface area (TPSA) is 35.2 Å². The lowest BCUT2D eigenvalue weighted by Crippen LogP contribution is -2.30. The van der Waals surface area contributed by atoms with Crippen LogP contribution >= 0.6 is 0 Å². The van der Waals surface area contributed by atoms with E-state index in [4.69, 9.17) is 10.5 Å². The van der Waals surface area contributed by atoms with Crippen LogP contribution in [0.25, 0.3) is 0 Å². The molecule has 0 amide bonds. The summed E-state index contributed by atoms with van der Waals surface area (Å²) in [5.74, 6) is -0.0469. The van der Waals surface area contributed by atoms with Gasteiger partial charge in [-0.25, -0.2) is 4.39 Å². The molecule has 0 unspecified atom stereocenters. The highest BCUT2D eigenvalue weighted by Crippen LogP contribution is 2.19. The van der Waals surface area contributed by atoms with Crippen molar-refractivity contribution in [1.29, 1.82) is 0 Å². The zero-order chi connectivity index (χ0) is 10.6. The summed E-state index contributed by atoms with van der Waals surface area (Å²) >= 11 is 0. The van der Waals surface area contributed by atoms with Gasteiger partial charge in [0.25, 0.3) is 0 Å². The molecule has 1 aromatic rings. The van der Waals surface area contributed by atoms with Gasteiger partial charge >= 0.3 is 0 Å². The van der Waals surface area contributed by atoms with Crippen molar-refractivity contribution in [3.8, 4) is 5.75 Å². The van der Waals surface area contributed by atoms with Crippen LogP contribution in [0.3, 0.4) is 0 Å². The molecule has 2 N–H and O–H groups in total. The Bertz CT molecular complexity index is 299. The molecule has 3 heteroatoms. The maximum absolute atomic E-state index is 13.1. The summed E-state index contributed by atoms with van der Waals surface area (Å²) in [6.45, 7) is 4.90. The molecular weight excluding hydrogens is 181 g/mol. The first-order valence-corrected chi connectivity index (χ1v) is 4.62. The first kappa shape index (κ1) is 11.0. The molecule has 0 atom stereocenters. The summed E-state index contributed by atoms with van der Waals surface area (Å²) in [7, 11) is 0. The Kier molecular flexibility index (Phi) is 3.47. The summed E-state index contributed by atoms with van der Waals surface area (Å²) in [5, 5.41) is 0. The lowest BCUT2D eigenvalue weighted by molar-refractivity contribution is 0.181. The first-order chi connectivity index (χ1) is 6.55. The van der Waals surface area contributed by atoms with Crippen LogP contribution in [0, 0.1) is 11.2 Å². The number of rotatable bonds is 4. The molecule has 0 heterocycles. The van der Waals surface area contributed by atoms with Crippen molar-refractivity contribution < 1.29 is 9.13 Å². The third-order valence-electron chi connectivity index (χ3n) is 2.01. The second-order valence-corrected chi connectivity index (χ2v) is 4.09. The SMILES string of the molecule is CC(C)(CN)COc1ccccc1F. The van der Waals surface area contributed by atoms with Crippen LogP contribution in [0.1, 0.15) is 13.8 Å². The van der Waals surface area contributed by atoms with Crippen molar-refractivity contribution in [2.75, 3.05) is 13.2 Å². The van der Waals surface area contributed by atoms with E-state index in [0.717, 1.165) is 0 Å². The van der Waals surface area contributed by atoms with E-state index < -0.39 is 0 Å². The van der Waals surface area contributed by atoms with E-state index in [1.807, 2.05) is 13.8 Å². The fraction of sp³-hybridized carbons (Fsp3) is 0.455. The second kappa shape index (κ2) is 4.42. The molecule has 0 aliphatic carbocycles. The smallest absolute Gasteiger partial charge is 0.165 e. The number of para-hydroxylation sites is 1. The fourth-order valence-electron chi connectivity index (χ4n) is 0.894. The largest absolute Gasteiger partial charge is 0.490 e. The minimum atomic E-state index is -0.333. The predicted octanol–water partition coefficient (Wildman–Crippen LogP) is 2.19. The number of halogens is 1. The average molecular weight is 197 g/mol. The van der Waals surface area contributed by atoms with Gasteiger partial charge < -0.3 is 10.5 Å². The minimum Gasteiger partial charge on any atom is -0.490 e. The maximum Gasteiger partial charge on any atom is 0.165 e. The Hall–Kier alpha value is -1.09. The standard InChI is InChI=1S/C11H16FNO/c1-11(2,7-13)8-14-10-6-4-3-5-9(10)12/h3-6H,7-8,13H2,1-2H3. The van der Waals surface area contributed by atoms with E-state index in [2.05, 4.69) is 0 Å². The zero-order valence-corrected chi connectivity index (χ0v) is 8.59. The first-order valence-electron chi connectivity index (χ1n) is 4.62. The summed E-state index contributed by atoms with van der Waals surface area (Å²) in [6.07, 6.45) is 0. The van der Waals surface area contributed by atoms with Crippen LogP contribution in [0.2, 0.25) is 0 Å². The molecule has 1 aromatic carbocycles. The highest BCUT2D eigenvalue weighted by molar-refractivity contribution is 5.23. The third kappa shape index (κ3) is 3.00. The van der Waals surface area contributed by atoms with Crippen molar-refractivity contribution >= 4 is 0 Å². The van der Waals surface area contributed by atoms with Gasteiger partial charge in [-0.05, 0) is 12.1 Å².